The molecule has 0 fully saturated rings. The zero-order valence-electron chi connectivity index (χ0n) is 16.0. The third-order valence-electron chi connectivity index (χ3n) is 4.21. The average molecular weight is 349 g/mol. The Morgan fingerprint density at radius 3 is 1.74 bits per heavy atom. The van der Waals surface area contributed by atoms with Gasteiger partial charge in [0.05, 0.1) is 0 Å². The largest absolute Gasteiger partial charge is 0.502 e. The lowest BCUT2D eigenvalue weighted by atomic mass is 10.1. The molecule has 0 spiro atoms. The van der Waals surface area contributed by atoms with E-state index in [2.05, 4.69) is 13.8 Å². The summed E-state index contributed by atoms with van der Waals surface area (Å²) >= 11 is 0. The van der Waals surface area contributed by atoms with Gasteiger partial charge in [-0.2, -0.15) is 0 Å². The van der Waals surface area contributed by atoms with E-state index in [1.54, 1.807) is 14.2 Å². The fraction of sp³-hybridized carbons (Fsp3) is 1.00. The van der Waals surface area contributed by atoms with Gasteiger partial charge in [-0.3, -0.25) is 0 Å². The maximum atomic E-state index is 5.84. The normalized spacial score (nSPS) is 12.0. The second-order valence-electron chi connectivity index (χ2n) is 6.19. The first kappa shape index (κ1) is 23.1. The van der Waals surface area contributed by atoms with E-state index < -0.39 is 8.80 Å². The van der Waals surface area contributed by atoms with E-state index in [4.69, 9.17) is 18.0 Å². The Bertz CT molecular complexity index is 235. The van der Waals surface area contributed by atoms with Crippen LogP contribution in [0.4, 0.5) is 0 Å². The van der Waals surface area contributed by atoms with Crippen LogP contribution in [0.15, 0.2) is 0 Å². The lowest BCUT2D eigenvalue weighted by molar-refractivity contribution is -0.0339. The summed E-state index contributed by atoms with van der Waals surface area (Å²) < 4.78 is 22.5. The highest BCUT2D eigenvalue weighted by Crippen LogP contribution is 2.19. The second kappa shape index (κ2) is 16.9. The minimum atomic E-state index is -2.52. The van der Waals surface area contributed by atoms with Crippen molar-refractivity contribution in [1.82, 2.24) is 0 Å². The van der Waals surface area contributed by atoms with Gasteiger partial charge in [0.25, 0.3) is 0 Å². The Morgan fingerprint density at radius 1 is 0.652 bits per heavy atom. The minimum Gasteiger partial charge on any atom is -0.377 e. The molecule has 0 N–H and O–H groups in total. The van der Waals surface area contributed by atoms with Gasteiger partial charge < -0.3 is 18.0 Å². The Hall–Kier alpha value is 0.0569. The van der Waals surface area contributed by atoms with Crippen molar-refractivity contribution >= 4 is 8.80 Å². The smallest absolute Gasteiger partial charge is 0.377 e. The molecule has 0 bridgehead atoms. The van der Waals surface area contributed by atoms with Gasteiger partial charge in [0.2, 0.25) is 0 Å². The van der Waals surface area contributed by atoms with Crippen LogP contribution in [0.2, 0.25) is 6.04 Å². The number of unbranched alkanes of at least 4 members (excludes halogenated alkanes) is 9. The predicted molar refractivity (Wildman–Crippen MR) is 98.6 cm³/mol. The first-order chi connectivity index (χ1) is 11.2. The van der Waals surface area contributed by atoms with Crippen molar-refractivity contribution in [3.63, 3.8) is 0 Å². The minimum absolute atomic E-state index is 0.286. The summed E-state index contributed by atoms with van der Waals surface area (Å²) in [4.78, 5) is 0. The Balaban J connectivity index is 3.73. The van der Waals surface area contributed by atoms with Gasteiger partial charge in [-0.25, -0.2) is 0 Å². The molecule has 0 aliphatic rings. The highest BCUT2D eigenvalue weighted by molar-refractivity contribution is 6.60. The standard InChI is InChI=1S/C18H40O4Si/c1-5-7-9-10-11-12-13-15-17-23(19-3,20-4)22-18-21-16-14-8-6-2/h5-18H2,1-4H3. The van der Waals surface area contributed by atoms with Crippen LogP contribution in [-0.2, 0) is 18.0 Å². The summed E-state index contributed by atoms with van der Waals surface area (Å²) in [6.07, 6.45) is 13.9. The Morgan fingerprint density at radius 2 is 1.17 bits per heavy atom. The molecule has 0 radical (unpaired) electrons. The fourth-order valence-corrected chi connectivity index (χ4v) is 4.50. The van der Waals surface area contributed by atoms with Crippen molar-refractivity contribution in [3.8, 4) is 0 Å². The summed E-state index contributed by atoms with van der Waals surface area (Å²) in [5.74, 6) is 0. The van der Waals surface area contributed by atoms with Gasteiger partial charge in [0.1, 0.15) is 6.79 Å². The van der Waals surface area contributed by atoms with Crippen LogP contribution in [0.5, 0.6) is 0 Å². The van der Waals surface area contributed by atoms with E-state index in [0.717, 1.165) is 25.5 Å². The van der Waals surface area contributed by atoms with Crippen LogP contribution < -0.4 is 0 Å². The van der Waals surface area contributed by atoms with Gasteiger partial charge in [-0.1, -0.05) is 71.6 Å². The maximum absolute atomic E-state index is 5.84. The molecule has 0 amide bonds. The van der Waals surface area contributed by atoms with Crippen molar-refractivity contribution in [1.29, 1.82) is 0 Å². The lowest BCUT2D eigenvalue weighted by Crippen LogP contribution is -2.44. The second-order valence-corrected chi connectivity index (χ2v) is 9.16. The molecule has 0 saturated carbocycles. The summed E-state index contributed by atoms with van der Waals surface area (Å²) in [5.41, 5.74) is 0. The number of ether oxygens (including phenoxy) is 1. The number of hydrogen-bond acceptors (Lipinski definition) is 4. The molecular weight excluding hydrogens is 308 g/mol. The SMILES string of the molecule is CCCCCCCCCC[Si](OC)(OC)OCOCCCCC. The topological polar surface area (TPSA) is 36.9 Å². The highest BCUT2D eigenvalue weighted by Gasteiger charge is 2.38. The van der Waals surface area contributed by atoms with Gasteiger partial charge in [0.15, 0.2) is 0 Å². The zero-order valence-corrected chi connectivity index (χ0v) is 17.0. The summed E-state index contributed by atoms with van der Waals surface area (Å²) in [5, 5.41) is 0. The van der Waals surface area contributed by atoms with Crippen LogP contribution in [-0.4, -0.2) is 36.4 Å². The molecule has 140 valence electrons. The van der Waals surface area contributed by atoms with Gasteiger partial charge in [0, 0.05) is 26.9 Å². The highest BCUT2D eigenvalue weighted by atomic mass is 28.4. The predicted octanol–water partition coefficient (Wildman–Crippen LogP) is 5.54. The molecule has 4 nitrogen and oxygen atoms in total. The molecule has 5 heteroatoms. The van der Waals surface area contributed by atoms with Crippen LogP contribution in [0.1, 0.15) is 84.5 Å². The first-order valence-corrected chi connectivity index (χ1v) is 11.5. The third-order valence-corrected chi connectivity index (χ3v) is 6.98. The number of rotatable bonds is 18. The van der Waals surface area contributed by atoms with E-state index in [-0.39, 0.29) is 6.79 Å². The van der Waals surface area contributed by atoms with Crippen LogP contribution in [0.25, 0.3) is 0 Å². The Labute approximate surface area is 145 Å². The zero-order chi connectivity index (χ0) is 17.2. The van der Waals surface area contributed by atoms with Gasteiger partial charge >= 0.3 is 8.80 Å². The van der Waals surface area contributed by atoms with E-state index in [9.17, 15) is 0 Å². The van der Waals surface area contributed by atoms with Crippen LogP contribution in [0.3, 0.4) is 0 Å². The van der Waals surface area contributed by atoms with Gasteiger partial charge in [-0.05, 0) is 12.8 Å². The molecule has 0 unspecified atom stereocenters. The maximum Gasteiger partial charge on any atom is 0.502 e. The fourth-order valence-electron chi connectivity index (χ4n) is 2.60. The lowest BCUT2D eigenvalue weighted by Gasteiger charge is -2.26. The molecule has 0 rings (SSSR count). The molecule has 0 heterocycles. The van der Waals surface area contributed by atoms with E-state index in [0.29, 0.717) is 0 Å². The quantitative estimate of drug-likeness (QED) is 0.185. The summed E-state index contributed by atoms with van der Waals surface area (Å²) in [7, 11) is 0.866. The van der Waals surface area contributed by atoms with Crippen LogP contribution >= 0.6 is 0 Å². The Kier molecular flexibility index (Phi) is 16.9. The van der Waals surface area contributed by atoms with Gasteiger partial charge in [-0.15, -0.1) is 0 Å². The molecule has 0 aromatic rings. The van der Waals surface area contributed by atoms with Crippen LogP contribution in [0, 0.1) is 0 Å². The average Bonchev–Trinajstić information content (AvgIpc) is 2.58. The molecular formula is C18H40O4Si. The van der Waals surface area contributed by atoms with Crippen molar-refractivity contribution in [2.75, 3.05) is 27.6 Å². The van der Waals surface area contributed by atoms with E-state index in [1.807, 2.05) is 0 Å². The summed E-state index contributed by atoms with van der Waals surface area (Å²) in [6.45, 7) is 5.49. The van der Waals surface area contributed by atoms with Crippen molar-refractivity contribution in [2.45, 2.75) is 90.5 Å². The molecule has 0 saturated heterocycles. The monoisotopic (exact) mass is 348 g/mol. The van der Waals surface area contributed by atoms with Crippen molar-refractivity contribution in [2.24, 2.45) is 0 Å². The molecule has 23 heavy (non-hydrogen) atoms. The number of hydrogen-bond donors (Lipinski definition) is 0. The third kappa shape index (κ3) is 13.1. The molecule has 0 aromatic carbocycles. The molecule has 0 atom stereocenters. The van der Waals surface area contributed by atoms with E-state index >= 15 is 0 Å². The summed E-state index contributed by atoms with van der Waals surface area (Å²) in [6, 6.07) is 0.882. The van der Waals surface area contributed by atoms with E-state index in [1.165, 1.54) is 57.8 Å². The van der Waals surface area contributed by atoms with Crippen molar-refractivity contribution in [3.05, 3.63) is 0 Å². The molecule has 0 aliphatic carbocycles. The van der Waals surface area contributed by atoms with Crippen molar-refractivity contribution < 1.29 is 18.0 Å². The molecule has 0 aromatic heterocycles. The molecule has 0 aliphatic heterocycles. The first-order valence-electron chi connectivity index (χ1n) is 9.56.